The number of anilines is 1. The summed E-state index contributed by atoms with van der Waals surface area (Å²) in [6.07, 6.45) is 5.14. The Bertz CT molecular complexity index is 642. The van der Waals surface area contributed by atoms with Gasteiger partial charge in [-0.3, -0.25) is 0 Å². The van der Waals surface area contributed by atoms with Crippen LogP contribution in [0.4, 0.5) is 10.5 Å². The van der Waals surface area contributed by atoms with E-state index in [1.54, 1.807) is 0 Å². The number of carbonyl (C=O) groups excluding carboxylic acids is 1. The van der Waals surface area contributed by atoms with Crippen LogP contribution in [0.2, 0.25) is 0 Å². The quantitative estimate of drug-likeness (QED) is 0.769. The highest BCUT2D eigenvalue weighted by molar-refractivity contribution is 5.74. The van der Waals surface area contributed by atoms with Crippen LogP contribution in [-0.4, -0.2) is 30.8 Å². The number of rotatable bonds is 5. The Kier molecular flexibility index (Phi) is 4.36. The fourth-order valence-corrected chi connectivity index (χ4v) is 4.93. The molecule has 3 N–H and O–H groups in total. The van der Waals surface area contributed by atoms with E-state index in [2.05, 4.69) is 41.9 Å². The van der Waals surface area contributed by atoms with Gasteiger partial charge in [0, 0.05) is 42.3 Å². The molecule has 1 aliphatic heterocycles. The molecule has 3 unspecified atom stereocenters. The molecule has 136 valence electrons. The minimum atomic E-state index is -0.0520. The van der Waals surface area contributed by atoms with Gasteiger partial charge in [-0.25, -0.2) is 4.79 Å². The van der Waals surface area contributed by atoms with Gasteiger partial charge in [0.1, 0.15) is 0 Å². The van der Waals surface area contributed by atoms with Gasteiger partial charge in [0.25, 0.3) is 0 Å². The van der Waals surface area contributed by atoms with Gasteiger partial charge in [-0.15, -0.1) is 0 Å². The van der Waals surface area contributed by atoms with Crippen molar-refractivity contribution in [1.29, 1.82) is 0 Å². The first-order valence-electron chi connectivity index (χ1n) is 9.60. The van der Waals surface area contributed by atoms with E-state index in [0.717, 1.165) is 24.3 Å². The number of amides is 2. The molecular formula is C20H29N3O2. The molecular weight excluding hydrogens is 314 g/mol. The predicted octanol–water partition coefficient (Wildman–Crippen LogP) is 3.26. The number of carbonyl (C=O) groups is 1. The molecule has 1 aromatic carbocycles. The van der Waals surface area contributed by atoms with Crippen LogP contribution in [0.15, 0.2) is 24.3 Å². The smallest absolute Gasteiger partial charge is 0.315 e. The Labute approximate surface area is 149 Å². The van der Waals surface area contributed by atoms with Crippen LogP contribution in [-0.2, 0) is 11.3 Å². The van der Waals surface area contributed by atoms with E-state index in [-0.39, 0.29) is 11.4 Å². The van der Waals surface area contributed by atoms with Crippen molar-refractivity contribution in [3.8, 4) is 0 Å². The predicted molar refractivity (Wildman–Crippen MR) is 98.5 cm³/mol. The summed E-state index contributed by atoms with van der Waals surface area (Å²) in [7, 11) is 0. The lowest BCUT2D eigenvalue weighted by Gasteiger charge is -2.63. The molecule has 0 bridgehead atoms. The number of benzene rings is 1. The summed E-state index contributed by atoms with van der Waals surface area (Å²) in [6.45, 7) is 5.64. The van der Waals surface area contributed by atoms with Gasteiger partial charge in [0.2, 0.25) is 0 Å². The van der Waals surface area contributed by atoms with Crippen LogP contribution < -0.4 is 16.0 Å². The monoisotopic (exact) mass is 343 g/mol. The zero-order valence-corrected chi connectivity index (χ0v) is 15.2. The molecule has 2 amide bonds. The van der Waals surface area contributed by atoms with Crippen molar-refractivity contribution in [1.82, 2.24) is 10.6 Å². The van der Waals surface area contributed by atoms with Crippen molar-refractivity contribution in [3.05, 3.63) is 29.8 Å². The average Bonchev–Trinajstić information content (AvgIpc) is 2.94. The fraction of sp³-hybridized carbons (Fsp3) is 0.650. The molecule has 3 fully saturated rings. The standard InChI is InChI=1S/C20H29N3O2/c1-13(2)22-15-6-3-5-14(11-15)12-21-19(24)23-17-16-7-10-25-18(16)20(17)8-4-9-20/h3,5-6,11,13,16-18,22H,4,7-10,12H2,1-2H3,(H2,21,23,24). The average molecular weight is 343 g/mol. The second kappa shape index (κ2) is 6.52. The molecule has 5 nitrogen and oxygen atoms in total. The molecule has 2 saturated carbocycles. The summed E-state index contributed by atoms with van der Waals surface area (Å²) >= 11 is 0. The molecule has 1 spiro atoms. The lowest BCUT2D eigenvalue weighted by molar-refractivity contribution is -0.172. The maximum Gasteiger partial charge on any atom is 0.315 e. The maximum atomic E-state index is 12.4. The molecule has 0 aromatic heterocycles. The highest BCUT2D eigenvalue weighted by Gasteiger charge is 2.66. The number of hydrogen-bond acceptors (Lipinski definition) is 3. The Morgan fingerprint density at radius 2 is 2.20 bits per heavy atom. The van der Waals surface area contributed by atoms with Crippen molar-refractivity contribution < 1.29 is 9.53 Å². The third-order valence-corrected chi connectivity index (χ3v) is 6.16. The van der Waals surface area contributed by atoms with E-state index in [1.807, 2.05) is 12.1 Å². The molecule has 2 aliphatic carbocycles. The molecule has 5 heteroatoms. The van der Waals surface area contributed by atoms with Crippen LogP contribution in [0.1, 0.15) is 45.1 Å². The van der Waals surface area contributed by atoms with Gasteiger partial charge < -0.3 is 20.7 Å². The van der Waals surface area contributed by atoms with Crippen molar-refractivity contribution in [2.45, 2.75) is 64.3 Å². The molecule has 25 heavy (non-hydrogen) atoms. The van der Waals surface area contributed by atoms with E-state index in [1.165, 1.54) is 19.3 Å². The zero-order valence-electron chi connectivity index (χ0n) is 15.2. The van der Waals surface area contributed by atoms with E-state index in [4.69, 9.17) is 4.74 Å². The summed E-state index contributed by atoms with van der Waals surface area (Å²) < 4.78 is 5.92. The Balaban J connectivity index is 1.31. The third kappa shape index (κ3) is 2.99. The van der Waals surface area contributed by atoms with E-state index < -0.39 is 0 Å². The number of fused-ring (bicyclic) bond motifs is 2. The highest BCUT2D eigenvalue weighted by atomic mass is 16.5. The van der Waals surface area contributed by atoms with E-state index >= 15 is 0 Å². The minimum absolute atomic E-state index is 0.0520. The number of urea groups is 1. The normalized spacial score (nSPS) is 28.8. The first-order chi connectivity index (χ1) is 12.1. The summed E-state index contributed by atoms with van der Waals surface area (Å²) in [4.78, 5) is 12.4. The number of hydrogen-bond donors (Lipinski definition) is 3. The maximum absolute atomic E-state index is 12.4. The van der Waals surface area contributed by atoms with Gasteiger partial charge >= 0.3 is 6.03 Å². The topological polar surface area (TPSA) is 62.4 Å². The zero-order chi connectivity index (χ0) is 17.4. The Hall–Kier alpha value is -1.75. The van der Waals surface area contributed by atoms with E-state index in [9.17, 15) is 4.79 Å². The molecule has 1 aromatic rings. The third-order valence-electron chi connectivity index (χ3n) is 6.16. The van der Waals surface area contributed by atoms with Crippen molar-refractivity contribution in [3.63, 3.8) is 0 Å². The molecule has 0 radical (unpaired) electrons. The van der Waals surface area contributed by atoms with Gasteiger partial charge in [0.15, 0.2) is 0 Å². The molecule has 1 heterocycles. The van der Waals surface area contributed by atoms with Crippen LogP contribution >= 0.6 is 0 Å². The van der Waals surface area contributed by atoms with E-state index in [0.29, 0.717) is 30.7 Å². The van der Waals surface area contributed by atoms with Gasteiger partial charge in [0.05, 0.1) is 6.10 Å². The molecule has 1 saturated heterocycles. The number of ether oxygens (including phenoxy) is 1. The largest absolute Gasteiger partial charge is 0.383 e. The first-order valence-corrected chi connectivity index (χ1v) is 9.60. The van der Waals surface area contributed by atoms with Crippen LogP contribution in [0, 0.1) is 11.3 Å². The van der Waals surface area contributed by atoms with Crippen LogP contribution in [0.3, 0.4) is 0 Å². The second-order valence-electron chi connectivity index (χ2n) is 8.13. The summed E-state index contributed by atoms with van der Waals surface area (Å²) in [5.74, 6) is 0.518. The van der Waals surface area contributed by atoms with Crippen molar-refractivity contribution >= 4 is 11.7 Å². The fourth-order valence-electron chi connectivity index (χ4n) is 4.93. The number of nitrogens with one attached hydrogen (secondary N) is 3. The summed E-state index contributed by atoms with van der Waals surface area (Å²) in [6, 6.07) is 8.85. The Morgan fingerprint density at radius 1 is 1.36 bits per heavy atom. The highest BCUT2D eigenvalue weighted by Crippen LogP contribution is 2.62. The molecule has 3 aliphatic rings. The van der Waals surface area contributed by atoms with Gasteiger partial charge in [-0.1, -0.05) is 18.6 Å². The van der Waals surface area contributed by atoms with Gasteiger partial charge in [-0.2, -0.15) is 0 Å². The van der Waals surface area contributed by atoms with Crippen LogP contribution in [0.5, 0.6) is 0 Å². The summed E-state index contributed by atoms with van der Waals surface area (Å²) in [5, 5.41) is 9.67. The van der Waals surface area contributed by atoms with Gasteiger partial charge in [-0.05, 0) is 50.8 Å². The lowest BCUT2D eigenvalue weighted by Crippen LogP contribution is -2.72. The molecule has 4 rings (SSSR count). The van der Waals surface area contributed by atoms with Crippen molar-refractivity contribution in [2.75, 3.05) is 11.9 Å². The SMILES string of the molecule is CC(C)Nc1cccc(CNC(=O)NC2C3CCOC3C23CCC3)c1. The molecule has 3 atom stereocenters. The summed E-state index contributed by atoms with van der Waals surface area (Å²) in [5.41, 5.74) is 2.43. The van der Waals surface area contributed by atoms with Crippen molar-refractivity contribution in [2.24, 2.45) is 11.3 Å². The minimum Gasteiger partial charge on any atom is -0.383 e. The second-order valence-corrected chi connectivity index (χ2v) is 8.13. The lowest BCUT2D eigenvalue weighted by atomic mass is 9.46. The van der Waals surface area contributed by atoms with Crippen LogP contribution in [0.25, 0.3) is 0 Å². The Morgan fingerprint density at radius 3 is 2.92 bits per heavy atom. The first kappa shape index (κ1) is 16.7.